The van der Waals surface area contributed by atoms with Crippen LogP contribution in [0.4, 0.5) is 5.13 Å². The molecule has 0 saturated heterocycles. The fourth-order valence-electron chi connectivity index (χ4n) is 2.24. The smallest absolute Gasteiger partial charge is 0.279 e. The Balaban J connectivity index is 1.63. The first-order valence-electron chi connectivity index (χ1n) is 8.12. The fourth-order valence-corrected chi connectivity index (χ4v) is 3.46. The van der Waals surface area contributed by atoms with Crippen LogP contribution < -0.4 is 5.32 Å². The molecule has 0 fully saturated rings. The number of rotatable bonds is 6. The van der Waals surface area contributed by atoms with Gasteiger partial charge in [-0.05, 0) is 11.6 Å². The lowest BCUT2D eigenvalue weighted by molar-refractivity contribution is -0.129. The van der Waals surface area contributed by atoms with Gasteiger partial charge in [-0.3, -0.25) is 14.9 Å². The van der Waals surface area contributed by atoms with Crippen molar-refractivity contribution >= 4 is 51.5 Å². The lowest BCUT2D eigenvalue weighted by atomic mass is 10.1. The summed E-state index contributed by atoms with van der Waals surface area (Å²) < 4.78 is 1.31. The molecule has 1 aromatic carbocycles. The average molecular weight is 439 g/mol. The van der Waals surface area contributed by atoms with Crippen molar-refractivity contribution in [2.75, 3.05) is 19.4 Å². The third-order valence-corrected chi connectivity index (χ3v) is 5.51. The molecular formula is C17H16Cl2N6O2S. The van der Waals surface area contributed by atoms with Crippen LogP contribution in [-0.4, -0.2) is 50.8 Å². The summed E-state index contributed by atoms with van der Waals surface area (Å²) >= 11 is 13.6. The van der Waals surface area contributed by atoms with Crippen LogP contribution in [-0.2, 0) is 17.8 Å². The summed E-state index contributed by atoms with van der Waals surface area (Å²) in [7, 11) is 3.28. The molecule has 0 aliphatic heterocycles. The Morgan fingerprint density at radius 3 is 2.82 bits per heavy atom. The van der Waals surface area contributed by atoms with E-state index in [1.54, 1.807) is 26.4 Å². The maximum absolute atomic E-state index is 12.3. The van der Waals surface area contributed by atoms with E-state index >= 15 is 0 Å². The van der Waals surface area contributed by atoms with Crippen LogP contribution in [0.3, 0.4) is 0 Å². The van der Waals surface area contributed by atoms with E-state index in [2.05, 4.69) is 20.6 Å². The van der Waals surface area contributed by atoms with Crippen molar-refractivity contribution in [3.8, 4) is 0 Å². The monoisotopic (exact) mass is 438 g/mol. The fraction of sp³-hybridized carbons (Fsp3) is 0.235. The van der Waals surface area contributed by atoms with E-state index in [1.165, 1.54) is 27.1 Å². The van der Waals surface area contributed by atoms with Crippen LogP contribution in [0.15, 0.2) is 30.6 Å². The molecule has 0 radical (unpaired) electrons. The van der Waals surface area contributed by atoms with E-state index in [0.29, 0.717) is 21.6 Å². The highest BCUT2D eigenvalue weighted by Gasteiger charge is 2.15. The number of carbonyl (C=O) groups excluding carboxylic acids is 2. The van der Waals surface area contributed by atoms with E-state index in [-0.39, 0.29) is 18.1 Å². The zero-order chi connectivity index (χ0) is 20.3. The number of halogens is 2. The van der Waals surface area contributed by atoms with Gasteiger partial charge in [-0.1, -0.05) is 40.5 Å². The van der Waals surface area contributed by atoms with Gasteiger partial charge in [0.2, 0.25) is 5.91 Å². The molecule has 2 heterocycles. The van der Waals surface area contributed by atoms with Crippen LogP contribution in [0.2, 0.25) is 10.0 Å². The van der Waals surface area contributed by atoms with Gasteiger partial charge >= 0.3 is 0 Å². The predicted molar refractivity (Wildman–Crippen MR) is 108 cm³/mol. The molecule has 0 unspecified atom stereocenters. The normalized spacial score (nSPS) is 10.7. The Labute approximate surface area is 175 Å². The van der Waals surface area contributed by atoms with Gasteiger partial charge in [0.05, 0.1) is 16.2 Å². The minimum Gasteiger partial charge on any atom is -0.347 e. The molecule has 8 nitrogen and oxygen atoms in total. The summed E-state index contributed by atoms with van der Waals surface area (Å²) in [4.78, 5) is 30.6. The number of benzene rings is 1. The number of carbonyl (C=O) groups is 2. The number of nitrogens with zero attached hydrogens (tertiary/aromatic N) is 5. The summed E-state index contributed by atoms with van der Waals surface area (Å²) in [6.45, 7) is 0.00900. The van der Waals surface area contributed by atoms with Gasteiger partial charge < -0.3 is 4.90 Å². The molecule has 0 atom stereocenters. The first-order valence-corrected chi connectivity index (χ1v) is 9.70. The van der Waals surface area contributed by atoms with E-state index in [0.717, 1.165) is 10.4 Å². The Morgan fingerprint density at radius 2 is 2.07 bits per heavy atom. The van der Waals surface area contributed by atoms with Crippen molar-refractivity contribution in [2.24, 2.45) is 0 Å². The largest absolute Gasteiger partial charge is 0.347 e. The van der Waals surface area contributed by atoms with Crippen LogP contribution >= 0.6 is 34.5 Å². The molecule has 2 amide bonds. The lowest BCUT2D eigenvalue weighted by Crippen LogP contribution is -2.26. The molecule has 0 spiro atoms. The Bertz CT molecular complexity index is 1020. The summed E-state index contributed by atoms with van der Waals surface area (Å²) in [6, 6.07) is 5.45. The molecule has 11 heteroatoms. The second-order valence-electron chi connectivity index (χ2n) is 6.07. The Kier molecular flexibility index (Phi) is 6.28. The van der Waals surface area contributed by atoms with Crippen LogP contribution in [0, 0.1) is 0 Å². The molecule has 0 aliphatic rings. The Hall–Kier alpha value is -2.49. The van der Waals surface area contributed by atoms with E-state index in [9.17, 15) is 9.59 Å². The minimum atomic E-state index is -0.453. The number of nitrogens with one attached hydrogen (secondary N) is 1. The summed E-state index contributed by atoms with van der Waals surface area (Å²) in [5, 5.41) is 11.7. The molecule has 3 rings (SSSR count). The molecule has 28 heavy (non-hydrogen) atoms. The maximum Gasteiger partial charge on any atom is 0.279 e. The minimum absolute atomic E-state index is 0.00900. The maximum atomic E-state index is 12.3. The topological polar surface area (TPSA) is 93.0 Å². The SMILES string of the molecule is CN(C)C(=O)Cn1cc(C(=O)Nc2ncc(Cc3cccc(Cl)c3Cl)s2)nn1. The predicted octanol–water partition coefficient (Wildman–Crippen LogP) is 2.97. The number of thiazole rings is 1. The highest BCUT2D eigenvalue weighted by Crippen LogP contribution is 2.29. The molecule has 0 bridgehead atoms. The first kappa shape index (κ1) is 20.2. The van der Waals surface area contributed by atoms with Crippen LogP contribution in [0.25, 0.3) is 0 Å². The van der Waals surface area contributed by atoms with E-state index in [1.807, 2.05) is 12.1 Å². The second kappa shape index (κ2) is 8.68. The van der Waals surface area contributed by atoms with E-state index < -0.39 is 5.91 Å². The van der Waals surface area contributed by atoms with Gasteiger partial charge in [0, 0.05) is 31.6 Å². The number of aromatic nitrogens is 4. The van der Waals surface area contributed by atoms with Gasteiger partial charge in [0.25, 0.3) is 5.91 Å². The third-order valence-electron chi connectivity index (χ3n) is 3.74. The van der Waals surface area contributed by atoms with Crippen molar-refractivity contribution < 1.29 is 9.59 Å². The molecular weight excluding hydrogens is 423 g/mol. The number of anilines is 1. The van der Waals surface area contributed by atoms with Crippen LogP contribution in [0.1, 0.15) is 20.9 Å². The van der Waals surface area contributed by atoms with Crippen molar-refractivity contribution in [1.82, 2.24) is 24.9 Å². The zero-order valence-corrected chi connectivity index (χ0v) is 17.3. The number of hydrogen-bond donors (Lipinski definition) is 1. The number of likely N-dealkylation sites (N-methyl/N-ethyl adjacent to an activating group) is 1. The third kappa shape index (κ3) is 4.86. The highest BCUT2D eigenvalue weighted by molar-refractivity contribution is 7.15. The van der Waals surface area contributed by atoms with Gasteiger partial charge in [-0.25, -0.2) is 9.67 Å². The van der Waals surface area contributed by atoms with Crippen molar-refractivity contribution in [3.63, 3.8) is 0 Å². The highest BCUT2D eigenvalue weighted by atomic mass is 35.5. The second-order valence-corrected chi connectivity index (χ2v) is 7.97. The van der Waals surface area contributed by atoms with Gasteiger partial charge in [0.1, 0.15) is 6.54 Å². The van der Waals surface area contributed by atoms with Crippen molar-refractivity contribution in [3.05, 3.63) is 56.8 Å². The number of amides is 2. The standard InChI is InChI=1S/C17H16Cl2N6O2S/c1-24(2)14(26)9-25-8-13(22-23-25)16(27)21-17-20-7-11(28-17)6-10-4-3-5-12(18)15(10)19/h3-5,7-8H,6,9H2,1-2H3,(H,20,21,27). The number of hydrogen-bond acceptors (Lipinski definition) is 6. The summed E-state index contributed by atoms with van der Waals surface area (Å²) in [5.41, 5.74) is 0.977. The van der Waals surface area contributed by atoms with Crippen LogP contribution in [0.5, 0.6) is 0 Å². The quantitative estimate of drug-likeness (QED) is 0.638. The first-order chi connectivity index (χ1) is 13.3. The molecule has 1 N–H and O–H groups in total. The van der Waals surface area contributed by atoms with Crippen molar-refractivity contribution in [1.29, 1.82) is 0 Å². The van der Waals surface area contributed by atoms with Crippen molar-refractivity contribution in [2.45, 2.75) is 13.0 Å². The molecule has 0 aliphatic carbocycles. The molecule has 3 aromatic rings. The molecule has 0 saturated carbocycles. The van der Waals surface area contributed by atoms with Gasteiger partial charge in [0.15, 0.2) is 10.8 Å². The summed E-state index contributed by atoms with van der Waals surface area (Å²) in [5.74, 6) is -0.605. The Morgan fingerprint density at radius 1 is 1.29 bits per heavy atom. The van der Waals surface area contributed by atoms with E-state index in [4.69, 9.17) is 23.2 Å². The molecule has 146 valence electrons. The van der Waals surface area contributed by atoms with Gasteiger partial charge in [-0.2, -0.15) is 0 Å². The zero-order valence-electron chi connectivity index (χ0n) is 15.0. The van der Waals surface area contributed by atoms with Gasteiger partial charge in [-0.15, -0.1) is 16.4 Å². The average Bonchev–Trinajstić information content (AvgIpc) is 3.28. The molecule has 2 aromatic heterocycles. The summed E-state index contributed by atoms with van der Waals surface area (Å²) in [6.07, 6.45) is 3.64. The lowest BCUT2D eigenvalue weighted by Gasteiger charge is -2.08.